The highest BCUT2D eigenvalue weighted by atomic mass is 16.5. The second-order valence-electron chi connectivity index (χ2n) is 15.0. The normalized spacial score (nSPS) is 27.4. The fourth-order valence-electron chi connectivity index (χ4n) is 9.11. The number of aromatic hydroxyl groups is 1. The summed E-state index contributed by atoms with van der Waals surface area (Å²) in [5.41, 5.74) is 15.1. The number of methoxy groups -OCH3 is 1. The number of nitrogens with two attached hydrogens (primary N) is 3. The number of ketones is 4. The zero-order chi connectivity index (χ0) is 40.9. The van der Waals surface area contributed by atoms with Crippen LogP contribution in [0.2, 0.25) is 0 Å². The van der Waals surface area contributed by atoms with Crippen LogP contribution in [0.15, 0.2) is 60.7 Å². The van der Waals surface area contributed by atoms with Crippen LogP contribution in [0.3, 0.4) is 0 Å². The summed E-state index contributed by atoms with van der Waals surface area (Å²) in [6.45, 7) is 2.15. The maximum atomic E-state index is 14.7. The van der Waals surface area contributed by atoms with Crippen molar-refractivity contribution in [3.05, 3.63) is 82.9 Å². The number of esters is 1. The van der Waals surface area contributed by atoms with Gasteiger partial charge in [0.05, 0.1) is 36.9 Å². The van der Waals surface area contributed by atoms with Crippen molar-refractivity contribution in [3.63, 3.8) is 0 Å². The van der Waals surface area contributed by atoms with Gasteiger partial charge in [0.1, 0.15) is 23.5 Å². The topological polar surface area (TPSA) is 258 Å². The highest BCUT2D eigenvalue weighted by molar-refractivity contribution is 6.33. The number of hydrogen-bond donors (Lipinski definition) is 5. The van der Waals surface area contributed by atoms with Gasteiger partial charge in [-0.05, 0) is 80.7 Å². The number of ether oxygens (including phenoxy) is 2. The lowest BCUT2D eigenvalue weighted by Crippen LogP contribution is -2.85. The molecule has 0 radical (unpaired) electrons. The lowest BCUT2D eigenvalue weighted by atomic mass is 9.42. The van der Waals surface area contributed by atoms with E-state index in [0.717, 1.165) is 11.1 Å². The molecule has 2 saturated carbocycles. The molecule has 0 saturated heterocycles. The molecule has 2 fully saturated rings. The average Bonchev–Trinajstić information content (AvgIpc) is 3.13. The van der Waals surface area contributed by atoms with Gasteiger partial charge >= 0.3 is 5.97 Å². The monoisotopic (exact) mass is 764 g/mol. The van der Waals surface area contributed by atoms with Gasteiger partial charge in [0.15, 0.2) is 34.5 Å². The van der Waals surface area contributed by atoms with E-state index < -0.39 is 87.6 Å². The van der Waals surface area contributed by atoms with Crippen LogP contribution in [0.4, 0.5) is 0 Å². The number of nitrogens with one attached hydrogen (secondary N) is 1. The van der Waals surface area contributed by atoms with Crippen LogP contribution >= 0.6 is 0 Å². The molecule has 3 unspecified atom stereocenters. The molecule has 56 heavy (non-hydrogen) atoms. The van der Waals surface area contributed by atoms with Gasteiger partial charge in [-0.15, -0.1) is 0 Å². The van der Waals surface area contributed by atoms with Crippen LogP contribution in [-0.4, -0.2) is 96.0 Å². The first kappa shape index (κ1) is 39.9. The maximum absolute atomic E-state index is 14.7. The van der Waals surface area contributed by atoms with E-state index in [1.165, 1.54) is 32.2 Å². The first-order valence-electron chi connectivity index (χ1n) is 18.1. The number of benzene rings is 3. The molecule has 3 aliphatic rings. The van der Waals surface area contributed by atoms with Gasteiger partial charge in [-0.2, -0.15) is 5.26 Å². The van der Waals surface area contributed by atoms with E-state index >= 15 is 0 Å². The second-order valence-corrected chi connectivity index (χ2v) is 15.0. The minimum Gasteiger partial charge on any atom is -0.507 e. The minimum atomic E-state index is -2.85. The van der Waals surface area contributed by atoms with Gasteiger partial charge in [0, 0.05) is 17.6 Å². The van der Waals surface area contributed by atoms with Crippen molar-refractivity contribution in [2.45, 2.75) is 55.9 Å². The van der Waals surface area contributed by atoms with E-state index in [4.69, 9.17) is 26.7 Å². The summed E-state index contributed by atoms with van der Waals surface area (Å²) in [6, 6.07) is 17.2. The van der Waals surface area contributed by atoms with Gasteiger partial charge < -0.3 is 37.1 Å². The van der Waals surface area contributed by atoms with Crippen LogP contribution in [0.1, 0.15) is 40.4 Å². The number of phenolic OH excluding ortho intramolecular Hbond substituents is 1. The summed E-state index contributed by atoms with van der Waals surface area (Å²) < 4.78 is 11.1. The quantitative estimate of drug-likeness (QED) is 0.133. The Labute approximate surface area is 323 Å². The zero-order valence-corrected chi connectivity index (χ0v) is 31.5. The van der Waals surface area contributed by atoms with Crippen LogP contribution in [0, 0.1) is 28.6 Å². The number of phenols is 1. The number of nitrogens with zero attached hydrogens (tertiary/aromatic N) is 2. The standard InChI is InChI=1S/C41H44N6O9/c1-5-56-38(54)26(16-21-9-7-6-8-10-21)46-18-22-11-14-28(55-4)24(15-22)23-12-13-27(48)29-25(23)17-39(44)19-41(45)34(47(2)3)33(50)30(37(43)53)35(51)40(41,20-42)36(52)31(39)32(29)49/h6-15,26,30-31,34,46,48H,5,16-19,44-45H2,1-4H3,(H2,43,53)/t26?,30?,31?,34-,39-,40+,41-/m1/s1. The summed E-state index contributed by atoms with van der Waals surface area (Å²) in [7, 11) is 4.34. The summed E-state index contributed by atoms with van der Waals surface area (Å²) in [4.78, 5) is 83.9. The Kier molecular flexibility index (Phi) is 10.5. The van der Waals surface area contributed by atoms with Crippen LogP contribution in [-0.2, 0) is 48.1 Å². The minimum absolute atomic E-state index is 0.206. The third kappa shape index (κ3) is 6.06. The van der Waals surface area contributed by atoms with E-state index in [0.29, 0.717) is 23.3 Å². The molecule has 6 rings (SSSR count). The summed E-state index contributed by atoms with van der Waals surface area (Å²) in [6.07, 6.45) is -0.433. The van der Waals surface area contributed by atoms with E-state index in [1.807, 2.05) is 30.3 Å². The maximum Gasteiger partial charge on any atom is 0.323 e. The van der Waals surface area contributed by atoms with E-state index in [2.05, 4.69) is 5.32 Å². The number of fused-ring (bicyclic) bond motifs is 3. The molecule has 15 nitrogen and oxygen atoms in total. The van der Waals surface area contributed by atoms with E-state index in [1.54, 1.807) is 37.3 Å². The van der Waals surface area contributed by atoms with Crippen molar-refractivity contribution in [1.82, 2.24) is 10.2 Å². The molecule has 7 atom stereocenters. The number of likely N-dealkylation sites (N-methyl/N-ethyl adjacent to an activating group) is 1. The Bertz CT molecular complexity index is 2200. The van der Waals surface area contributed by atoms with Crippen LogP contribution in [0.5, 0.6) is 11.5 Å². The first-order chi connectivity index (χ1) is 26.5. The first-order valence-corrected chi connectivity index (χ1v) is 18.1. The number of primary amides is 1. The number of Topliss-reactive ketones (excluding diaryl/α,β-unsaturated/α-hetero) is 4. The Morgan fingerprint density at radius 2 is 1.71 bits per heavy atom. The number of amides is 1. The van der Waals surface area contributed by atoms with Crippen LogP contribution < -0.4 is 27.3 Å². The summed E-state index contributed by atoms with van der Waals surface area (Å²) >= 11 is 0. The highest BCUT2D eigenvalue weighted by Crippen LogP contribution is 2.57. The third-order valence-corrected chi connectivity index (χ3v) is 11.4. The second kappa shape index (κ2) is 14.7. The third-order valence-electron chi connectivity index (χ3n) is 11.4. The van der Waals surface area contributed by atoms with Gasteiger partial charge in [-0.1, -0.05) is 42.5 Å². The molecule has 0 bridgehead atoms. The molecule has 292 valence electrons. The van der Waals surface area contributed by atoms with Gasteiger partial charge in [-0.25, -0.2) is 0 Å². The Morgan fingerprint density at radius 3 is 2.32 bits per heavy atom. The van der Waals surface area contributed by atoms with Crippen molar-refractivity contribution < 1.29 is 43.3 Å². The lowest BCUT2D eigenvalue weighted by molar-refractivity contribution is -0.166. The van der Waals surface area contributed by atoms with Gasteiger partial charge in [0.25, 0.3) is 0 Å². The predicted octanol–water partition coefficient (Wildman–Crippen LogP) is 0.748. The molecular weight excluding hydrogens is 720 g/mol. The number of nitriles is 1. The van der Waals surface area contributed by atoms with Gasteiger partial charge in [-0.3, -0.25) is 33.7 Å². The molecule has 3 aromatic carbocycles. The Morgan fingerprint density at radius 1 is 1.02 bits per heavy atom. The molecular formula is C41H44N6O9. The Balaban J connectivity index is 1.44. The number of carbonyl (C=O) groups is 6. The van der Waals surface area contributed by atoms with Crippen LogP contribution in [0.25, 0.3) is 11.1 Å². The lowest BCUT2D eigenvalue weighted by Gasteiger charge is -2.60. The zero-order valence-electron chi connectivity index (χ0n) is 31.5. The van der Waals surface area contributed by atoms with Crippen molar-refractivity contribution in [3.8, 4) is 28.7 Å². The SMILES string of the molecule is CCOC(=O)C(Cc1ccccc1)NCc1ccc(OC)c(-c2ccc(O)c3c2C[C@@]2(N)C[C@@]4(N)[C@H](N(C)C)C(=O)C(C(N)=O)C(=O)[C@@]4(C#N)C(=O)C2C3=O)c1. The number of carbonyl (C=O) groups excluding carboxylic acids is 6. The fraction of sp³-hybridized carbons (Fsp3) is 0.390. The molecule has 0 spiro atoms. The average molecular weight is 765 g/mol. The molecule has 0 heterocycles. The molecule has 0 aliphatic heterocycles. The van der Waals surface area contributed by atoms with Crippen molar-refractivity contribution in [2.75, 3.05) is 27.8 Å². The smallest absolute Gasteiger partial charge is 0.323 e. The van der Waals surface area contributed by atoms with Crippen molar-refractivity contribution >= 4 is 35.0 Å². The molecule has 3 aromatic rings. The Hall–Kier alpha value is -5.79. The summed E-state index contributed by atoms with van der Waals surface area (Å²) in [5, 5.41) is 25.1. The number of hydrogen-bond acceptors (Lipinski definition) is 14. The highest BCUT2D eigenvalue weighted by Gasteiger charge is 2.78. The van der Waals surface area contributed by atoms with Gasteiger partial charge in [0.2, 0.25) is 5.91 Å². The number of rotatable bonds is 11. The fourth-order valence-corrected chi connectivity index (χ4v) is 9.11. The van der Waals surface area contributed by atoms with E-state index in [9.17, 15) is 39.1 Å². The molecule has 8 N–H and O–H groups in total. The molecule has 15 heteroatoms. The largest absolute Gasteiger partial charge is 0.507 e. The van der Waals surface area contributed by atoms with Crippen molar-refractivity contribution in [2.24, 2.45) is 34.5 Å². The molecule has 0 aromatic heterocycles. The molecule has 1 amide bonds. The van der Waals surface area contributed by atoms with Crippen molar-refractivity contribution in [1.29, 1.82) is 5.26 Å². The van der Waals surface area contributed by atoms with E-state index in [-0.39, 0.29) is 30.7 Å². The molecule has 3 aliphatic carbocycles. The predicted molar refractivity (Wildman–Crippen MR) is 201 cm³/mol. The summed E-state index contributed by atoms with van der Waals surface area (Å²) in [5.74, 6) is -10.5.